The molecular weight excluding hydrogens is 371 g/mol. The fourth-order valence-corrected chi connectivity index (χ4v) is 0. The molecule has 0 rings (SSSR count). The molecule has 0 aliphatic heterocycles. The van der Waals surface area contributed by atoms with Crippen molar-refractivity contribution >= 4 is 5.97 Å². The molecule has 19 nitrogen and oxygen atoms in total. The third-order valence-corrected chi connectivity index (χ3v) is 0. The van der Waals surface area contributed by atoms with Gasteiger partial charge < -0.3 is 81.8 Å². The van der Waals surface area contributed by atoms with Gasteiger partial charge in [-0.1, -0.05) is 0 Å². The van der Waals surface area contributed by atoms with Gasteiger partial charge in [-0.05, 0) is 0 Å². The molecule has 22 heavy (non-hydrogen) atoms. The molecule has 0 aliphatic rings. The van der Waals surface area contributed by atoms with E-state index < -0.39 is 21.2 Å². The minimum atomic E-state index is -1.75. The summed E-state index contributed by atoms with van der Waals surface area (Å²) in [7, 11) is 0. The summed E-state index contributed by atoms with van der Waals surface area (Å²) in [4.78, 5) is 33.8. The Kier molecular flexibility index (Phi) is 214. The zero-order chi connectivity index (χ0) is 14.3. The molecule has 0 aliphatic carbocycles. The largest absolute Gasteiger partial charge is 3.00 e. The van der Waals surface area contributed by atoms with Crippen LogP contribution in [0, 0.1) is 46.0 Å². The van der Waals surface area contributed by atoms with Crippen LogP contribution in [-0.2, 0) is 21.6 Å². The number of hydrogen-bond acceptors (Lipinski definition) is 15. The summed E-state index contributed by atoms with van der Waals surface area (Å²) in [5.74, 6) is -0.833. The van der Waals surface area contributed by atoms with Gasteiger partial charge in [0.05, 0.1) is 15.3 Å². The minimum Gasteiger partial charge on any atom is -0.481 e. The number of aliphatic carboxylic acids is 1. The number of carboxylic acid groups (broad SMARTS) is 1. The van der Waals surface area contributed by atoms with Crippen molar-refractivity contribution < 1.29 is 41.9 Å². The van der Waals surface area contributed by atoms with Gasteiger partial charge in [-0.25, -0.2) is 0 Å². The molecule has 0 heterocycles. The zero-order valence-electron chi connectivity index (χ0n) is 11.2. The molecule has 16 N–H and O–H groups in total. The molecule has 0 spiro atoms. The van der Waals surface area contributed by atoms with Crippen LogP contribution < -0.4 is 30.8 Å². The molecule has 20 heteroatoms. The van der Waals surface area contributed by atoms with Gasteiger partial charge >= 0.3 is 16.8 Å². The van der Waals surface area contributed by atoms with Crippen LogP contribution in [0.3, 0.4) is 0 Å². The Hall–Kier alpha value is -2.62. The fraction of sp³-hybridized carbons (Fsp3) is 0.500. The summed E-state index contributed by atoms with van der Waals surface area (Å²) in [6.45, 7) is 1.08. The number of carboxylic acids is 1. The average molecular weight is 390 g/mol. The minimum absolute atomic E-state index is 0. The second-order valence-electron chi connectivity index (χ2n) is 1.19. The van der Waals surface area contributed by atoms with Gasteiger partial charge in [0.2, 0.25) is 0 Å². The van der Waals surface area contributed by atoms with Crippen LogP contribution in [0.2, 0.25) is 0 Å². The molecule has 0 aromatic heterocycles. The molecule has 0 aromatic rings. The first kappa shape index (κ1) is 74.4. The summed E-state index contributed by atoms with van der Waals surface area (Å²) < 4.78 is 0. The molecular formula is C2H19CoN8O11. The van der Waals surface area contributed by atoms with Gasteiger partial charge in [0, 0.05) is 6.92 Å². The van der Waals surface area contributed by atoms with Crippen molar-refractivity contribution in [3.05, 3.63) is 46.0 Å². The average Bonchev–Trinajstić information content (AvgIpc) is 1.76. The van der Waals surface area contributed by atoms with Crippen molar-refractivity contribution in [1.29, 1.82) is 0 Å². The summed E-state index contributed by atoms with van der Waals surface area (Å²) >= 11 is 0. The van der Waals surface area contributed by atoms with Gasteiger partial charge in [0.1, 0.15) is 0 Å². The van der Waals surface area contributed by atoms with E-state index in [-0.39, 0.29) is 47.5 Å². The Balaban J connectivity index is -0.00000001000. The Bertz CT molecular complexity index is 174. The van der Waals surface area contributed by atoms with Crippen LogP contribution in [0.5, 0.6) is 0 Å². The fourth-order valence-electron chi connectivity index (χ4n) is 0. The van der Waals surface area contributed by atoms with Gasteiger partial charge in [-0.2, -0.15) is 0 Å². The second-order valence-corrected chi connectivity index (χ2v) is 1.19. The normalized spacial score (nSPS) is 4.41. The molecule has 0 saturated heterocycles. The van der Waals surface area contributed by atoms with E-state index in [0.29, 0.717) is 0 Å². The van der Waals surface area contributed by atoms with Gasteiger partial charge in [-0.15, -0.1) is 0 Å². The first-order valence-corrected chi connectivity index (χ1v) is 2.57. The molecule has 0 radical (unpaired) electrons. The molecule has 0 unspecified atom stereocenters. The monoisotopic (exact) mass is 390 g/mol. The number of rotatable bonds is 0. The van der Waals surface area contributed by atoms with E-state index in [0.717, 1.165) is 6.92 Å². The maximum atomic E-state index is 9.00. The Morgan fingerprint density at radius 2 is 0.682 bits per heavy atom. The van der Waals surface area contributed by atoms with Crippen molar-refractivity contribution in [2.45, 2.75) is 6.92 Å². The molecule has 0 aromatic carbocycles. The van der Waals surface area contributed by atoms with Crippen LogP contribution in [0.15, 0.2) is 0 Å². The SMILES string of the molecule is CC(=O)O.N.N.N.N.N.O=[N+]([O-])[O-].O=[N+]([O-])[O-].O=[N+]([O-])[O-].[Co+3]. The van der Waals surface area contributed by atoms with Crippen LogP contribution >= 0.6 is 0 Å². The first-order chi connectivity index (χ1) is 6.93. The van der Waals surface area contributed by atoms with Crippen LogP contribution in [-0.4, -0.2) is 26.3 Å². The summed E-state index contributed by atoms with van der Waals surface area (Å²) in [5.41, 5.74) is 0. The number of carbonyl (C=O) groups is 1. The maximum Gasteiger partial charge on any atom is 3.00 e. The third-order valence-electron chi connectivity index (χ3n) is 0. The number of hydrogen-bond donors (Lipinski definition) is 6. The van der Waals surface area contributed by atoms with E-state index in [4.69, 9.17) is 55.9 Å². The third kappa shape index (κ3) is 677. The van der Waals surface area contributed by atoms with Crippen LogP contribution in [0.1, 0.15) is 6.92 Å². The van der Waals surface area contributed by atoms with Crippen molar-refractivity contribution in [3.63, 3.8) is 0 Å². The standard InChI is InChI=1S/C2H4O2.Co.3NO3.5H3N/c1-2(3)4;;3*2-1(3)4;;;;;/h1H3,(H,3,4);;;;;5*1H3/q;+3;3*-1;;;;;. The van der Waals surface area contributed by atoms with E-state index in [9.17, 15) is 0 Å². The topological polar surface area (TPSA) is 411 Å². The quantitative estimate of drug-likeness (QED) is 0.237. The van der Waals surface area contributed by atoms with E-state index in [1.54, 1.807) is 0 Å². The van der Waals surface area contributed by atoms with E-state index in [2.05, 4.69) is 0 Å². The Labute approximate surface area is 132 Å². The maximum absolute atomic E-state index is 9.00. The van der Waals surface area contributed by atoms with Crippen LogP contribution in [0.4, 0.5) is 0 Å². The first-order valence-electron chi connectivity index (χ1n) is 2.57. The molecule has 0 fully saturated rings. The predicted molar refractivity (Wildman–Crippen MR) is 69.5 cm³/mol. The van der Waals surface area contributed by atoms with Crippen molar-refractivity contribution in [2.75, 3.05) is 0 Å². The van der Waals surface area contributed by atoms with Crippen molar-refractivity contribution in [2.24, 2.45) is 0 Å². The molecule has 0 saturated carbocycles. The molecule has 142 valence electrons. The summed E-state index contributed by atoms with van der Waals surface area (Å²) in [6, 6.07) is 0. The smallest absolute Gasteiger partial charge is 0.481 e. The molecule has 0 bridgehead atoms. The van der Waals surface area contributed by atoms with Crippen LogP contribution in [0.25, 0.3) is 0 Å². The predicted octanol–water partition coefficient (Wildman–Crippen LogP) is 0.181. The Morgan fingerprint density at radius 1 is 0.682 bits per heavy atom. The second kappa shape index (κ2) is 63.1. The van der Waals surface area contributed by atoms with E-state index in [1.165, 1.54) is 0 Å². The van der Waals surface area contributed by atoms with E-state index in [1.807, 2.05) is 0 Å². The van der Waals surface area contributed by atoms with Crippen molar-refractivity contribution in [1.82, 2.24) is 30.8 Å². The summed E-state index contributed by atoms with van der Waals surface area (Å²) in [6.07, 6.45) is 0. The summed E-state index contributed by atoms with van der Waals surface area (Å²) in [5, 5.41) is 51.7. The van der Waals surface area contributed by atoms with Gasteiger partial charge in [0.25, 0.3) is 5.97 Å². The number of nitrogens with zero attached hydrogens (tertiary/aromatic N) is 3. The zero-order valence-corrected chi connectivity index (χ0v) is 12.3. The molecule has 0 atom stereocenters. The van der Waals surface area contributed by atoms with Gasteiger partial charge in [-0.3, -0.25) is 4.79 Å². The van der Waals surface area contributed by atoms with Gasteiger partial charge in [0.15, 0.2) is 0 Å². The molecule has 0 amide bonds. The Morgan fingerprint density at radius 3 is 0.682 bits per heavy atom. The van der Waals surface area contributed by atoms with E-state index >= 15 is 0 Å². The van der Waals surface area contributed by atoms with Crippen molar-refractivity contribution in [3.8, 4) is 0 Å².